The molecule has 112 valence electrons. The summed E-state index contributed by atoms with van der Waals surface area (Å²) in [5, 5.41) is 5.05. The Bertz CT molecular complexity index is 557. The minimum absolute atomic E-state index is 0.0826. The molecule has 3 amide bonds. The zero-order valence-electron chi connectivity index (χ0n) is 12.0. The molecule has 1 aliphatic rings. The van der Waals surface area contributed by atoms with Crippen LogP contribution in [0, 0.1) is 0 Å². The van der Waals surface area contributed by atoms with Crippen molar-refractivity contribution in [2.75, 3.05) is 23.3 Å². The fourth-order valence-corrected chi connectivity index (χ4v) is 2.18. The Balaban J connectivity index is 2.02. The number of nitrogens with one attached hydrogen (secondary N) is 2. The van der Waals surface area contributed by atoms with Crippen molar-refractivity contribution >= 4 is 29.1 Å². The second-order valence-electron chi connectivity index (χ2n) is 4.91. The lowest BCUT2D eigenvalue weighted by molar-refractivity contribution is -0.136. The molecule has 1 aromatic carbocycles. The monoisotopic (exact) mass is 289 g/mol. The van der Waals surface area contributed by atoms with Crippen molar-refractivity contribution in [2.24, 2.45) is 0 Å². The number of rotatable bonds is 4. The van der Waals surface area contributed by atoms with Crippen molar-refractivity contribution in [1.82, 2.24) is 5.32 Å². The van der Waals surface area contributed by atoms with Gasteiger partial charge in [0.25, 0.3) is 0 Å². The van der Waals surface area contributed by atoms with Crippen LogP contribution in [0.3, 0.4) is 0 Å². The first-order valence-corrected chi connectivity index (χ1v) is 7.11. The quantitative estimate of drug-likeness (QED) is 0.820. The number of anilines is 2. The third-order valence-corrected chi connectivity index (χ3v) is 3.23. The largest absolute Gasteiger partial charge is 0.348 e. The summed E-state index contributed by atoms with van der Waals surface area (Å²) < 4.78 is 0. The normalized spacial score (nSPS) is 14.1. The molecule has 1 aromatic rings. The van der Waals surface area contributed by atoms with Crippen LogP contribution in [0.5, 0.6) is 0 Å². The molecule has 2 rings (SSSR count). The van der Waals surface area contributed by atoms with Gasteiger partial charge in [-0.2, -0.15) is 0 Å². The Morgan fingerprint density at radius 2 is 2.10 bits per heavy atom. The van der Waals surface area contributed by atoms with E-state index in [2.05, 4.69) is 10.6 Å². The molecule has 0 unspecified atom stereocenters. The Hall–Kier alpha value is -2.37. The van der Waals surface area contributed by atoms with E-state index in [4.69, 9.17) is 0 Å². The van der Waals surface area contributed by atoms with Gasteiger partial charge in [0.15, 0.2) is 0 Å². The fourth-order valence-electron chi connectivity index (χ4n) is 2.18. The molecule has 0 atom stereocenters. The minimum atomic E-state index is -0.701. The smallest absolute Gasteiger partial charge is 0.313 e. The molecule has 6 nitrogen and oxygen atoms in total. The predicted molar refractivity (Wildman–Crippen MR) is 80.0 cm³/mol. The van der Waals surface area contributed by atoms with Gasteiger partial charge in [-0.05, 0) is 31.0 Å². The number of benzene rings is 1. The highest BCUT2D eigenvalue weighted by molar-refractivity contribution is 6.39. The predicted octanol–water partition coefficient (Wildman–Crippen LogP) is 1.28. The Morgan fingerprint density at radius 3 is 2.76 bits per heavy atom. The van der Waals surface area contributed by atoms with Crippen molar-refractivity contribution in [3.63, 3.8) is 0 Å². The van der Waals surface area contributed by atoms with Gasteiger partial charge in [0, 0.05) is 30.9 Å². The highest BCUT2D eigenvalue weighted by Gasteiger charge is 2.22. The van der Waals surface area contributed by atoms with E-state index in [0.717, 1.165) is 18.5 Å². The first kappa shape index (κ1) is 15.0. The number of carbonyl (C=O) groups excluding carboxylic acids is 3. The van der Waals surface area contributed by atoms with Crippen LogP contribution < -0.4 is 15.5 Å². The lowest BCUT2D eigenvalue weighted by Gasteiger charge is -2.16. The van der Waals surface area contributed by atoms with Gasteiger partial charge in [0.05, 0.1) is 0 Å². The molecule has 1 fully saturated rings. The third-order valence-electron chi connectivity index (χ3n) is 3.23. The molecule has 0 aliphatic carbocycles. The summed E-state index contributed by atoms with van der Waals surface area (Å²) in [4.78, 5) is 36.6. The topological polar surface area (TPSA) is 78.5 Å². The van der Waals surface area contributed by atoms with Gasteiger partial charge in [-0.25, -0.2) is 0 Å². The summed E-state index contributed by atoms with van der Waals surface area (Å²) in [6, 6.07) is 6.96. The Labute approximate surface area is 123 Å². The Kier molecular flexibility index (Phi) is 4.92. The van der Waals surface area contributed by atoms with E-state index in [1.165, 1.54) is 0 Å². The van der Waals surface area contributed by atoms with E-state index in [-0.39, 0.29) is 5.91 Å². The van der Waals surface area contributed by atoms with Crippen LogP contribution in [0.4, 0.5) is 11.4 Å². The van der Waals surface area contributed by atoms with E-state index in [0.29, 0.717) is 25.2 Å². The molecule has 6 heteroatoms. The highest BCUT2D eigenvalue weighted by atomic mass is 16.2. The van der Waals surface area contributed by atoms with Crippen molar-refractivity contribution in [3.8, 4) is 0 Å². The highest BCUT2D eigenvalue weighted by Crippen LogP contribution is 2.24. The average Bonchev–Trinajstić information content (AvgIpc) is 2.91. The molecule has 0 aromatic heterocycles. The van der Waals surface area contributed by atoms with Crippen LogP contribution in [0.1, 0.15) is 26.2 Å². The molecule has 1 aliphatic heterocycles. The fraction of sp³-hybridized carbons (Fsp3) is 0.400. The molecular weight excluding hydrogens is 270 g/mol. The van der Waals surface area contributed by atoms with Crippen molar-refractivity contribution < 1.29 is 14.4 Å². The van der Waals surface area contributed by atoms with Gasteiger partial charge in [-0.1, -0.05) is 13.0 Å². The second kappa shape index (κ2) is 6.88. The molecule has 0 radical (unpaired) electrons. The van der Waals surface area contributed by atoms with E-state index >= 15 is 0 Å². The third kappa shape index (κ3) is 3.81. The van der Waals surface area contributed by atoms with Gasteiger partial charge < -0.3 is 15.5 Å². The van der Waals surface area contributed by atoms with Gasteiger partial charge in [0.1, 0.15) is 0 Å². The van der Waals surface area contributed by atoms with Crippen LogP contribution in [-0.4, -0.2) is 30.8 Å². The van der Waals surface area contributed by atoms with Gasteiger partial charge in [0.2, 0.25) is 5.91 Å². The van der Waals surface area contributed by atoms with Crippen LogP contribution in [0.25, 0.3) is 0 Å². The van der Waals surface area contributed by atoms with Gasteiger partial charge in [-0.3, -0.25) is 14.4 Å². The van der Waals surface area contributed by atoms with E-state index in [1.54, 1.807) is 23.1 Å². The maximum atomic E-state index is 11.7. The molecule has 0 bridgehead atoms. The number of amides is 3. The SMILES string of the molecule is CCCNC(=O)C(=O)Nc1cccc(N2CCCC2=O)c1. The maximum absolute atomic E-state index is 11.7. The lowest BCUT2D eigenvalue weighted by atomic mass is 10.2. The lowest BCUT2D eigenvalue weighted by Crippen LogP contribution is -2.35. The van der Waals surface area contributed by atoms with Crippen molar-refractivity contribution in [1.29, 1.82) is 0 Å². The summed E-state index contributed by atoms with van der Waals surface area (Å²) in [5.74, 6) is -1.27. The second-order valence-corrected chi connectivity index (χ2v) is 4.91. The molecular formula is C15H19N3O3. The molecule has 1 heterocycles. The summed E-state index contributed by atoms with van der Waals surface area (Å²) in [5.41, 5.74) is 1.24. The van der Waals surface area contributed by atoms with E-state index < -0.39 is 11.8 Å². The first-order valence-electron chi connectivity index (χ1n) is 7.11. The number of carbonyl (C=O) groups is 3. The molecule has 1 saturated heterocycles. The van der Waals surface area contributed by atoms with Crippen LogP contribution in [0.2, 0.25) is 0 Å². The van der Waals surface area contributed by atoms with Gasteiger partial charge >= 0.3 is 11.8 Å². The molecule has 2 N–H and O–H groups in total. The number of nitrogens with zero attached hydrogens (tertiary/aromatic N) is 1. The van der Waals surface area contributed by atoms with Crippen molar-refractivity contribution in [3.05, 3.63) is 24.3 Å². The summed E-state index contributed by atoms with van der Waals surface area (Å²) in [6.45, 7) is 3.07. The van der Waals surface area contributed by atoms with Crippen LogP contribution >= 0.6 is 0 Å². The van der Waals surface area contributed by atoms with Gasteiger partial charge in [-0.15, -0.1) is 0 Å². The number of hydrogen-bond acceptors (Lipinski definition) is 3. The number of hydrogen-bond donors (Lipinski definition) is 2. The maximum Gasteiger partial charge on any atom is 0.313 e. The van der Waals surface area contributed by atoms with E-state index in [1.807, 2.05) is 13.0 Å². The molecule has 0 spiro atoms. The summed E-state index contributed by atoms with van der Waals surface area (Å²) in [6.07, 6.45) is 2.16. The molecule has 21 heavy (non-hydrogen) atoms. The van der Waals surface area contributed by atoms with E-state index in [9.17, 15) is 14.4 Å². The summed E-state index contributed by atoms with van der Waals surface area (Å²) >= 11 is 0. The zero-order chi connectivity index (χ0) is 15.2. The first-order chi connectivity index (χ1) is 10.1. The van der Waals surface area contributed by atoms with Crippen molar-refractivity contribution in [2.45, 2.75) is 26.2 Å². The average molecular weight is 289 g/mol. The molecule has 0 saturated carbocycles. The van der Waals surface area contributed by atoms with Crippen LogP contribution in [-0.2, 0) is 14.4 Å². The summed E-state index contributed by atoms with van der Waals surface area (Å²) in [7, 11) is 0. The standard InChI is InChI=1S/C15H19N3O3/c1-2-8-16-14(20)15(21)17-11-5-3-6-12(10-11)18-9-4-7-13(18)19/h3,5-6,10H,2,4,7-9H2,1H3,(H,16,20)(H,17,21). The zero-order valence-corrected chi connectivity index (χ0v) is 12.0. The Morgan fingerprint density at radius 1 is 1.29 bits per heavy atom. The van der Waals surface area contributed by atoms with Crippen LogP contribution in [0.15, 0.2) is 24.3 Å². The minimum Gasteiger partial charge on any atom is -0.348 e.